The van der Waals surface area contributed by atoms with E-state index in [0.717, 1.165) is 22.7 Å². The Balaban J connectivity index is 1.90. The van der Waals surface area contributed by atoms with Gasteiger partial charge >= 0.3 is 6.18 Å². The highest BCUT2D eigenvalue weighted by Gasteiger charge is 2.36. The molecule has 0 aliphatic carbocycles. The molecular formula is C17H13Cl2F3N2O4S. The van der Waals surface area contributed by atoms with Gasteiger partial charge in [-0.2, -0.15) is 13.2 Å². The average Bonchev–Trinajstić information content (AvgIpc) is 2.60. The van der Waals surface area contributed by atoms with Crippen molar-refractivity contribution in [1.82, 2.24) is 0 Å². The first-order valence-corrected chi connectivity index (χ1v) is 10.6. The molecule has 0 spiro atoms. The van der Waals surface area contributed by atoms with Gasteiger partial charge in [-0.25, -0.2) is 8.42 Å². The molecule has 29 heavy (non-hydrogen) atoms. The minimum Gasteiger partial charge on any atom is -0.476 e. The maximum absolute atomic E-state index is 12.9. The summed E-state index contributed by atoms with van der Waals surface area (Å²) in [5.41, 5.74) is -1.12. The van der Waals surface area contributed by atoms with E-state index in [1.165, 1.54) is 18.2 Å². The van der Waals surface area contributed by atoms with Crippen LogP contribution in [0.15, 0.2) is 36.4 Å². The summed E-state index contributed by atoms with van der Waals surface area (Å²) in [7, 11) is -3.79. The third-order valence-electron chi connectivity index (χ3n) is 4.03. The van der Waals surface area contributed by atoms with Crippen molar-refractivity contribution in [3.63, 3.8) is 0 Å². The number of hydrogen-bond acceptors (Lipinski definition) is 4. The smallest absolute Gasteiger partial charge is 0.416 e. The molecular weight excluding hydrogens is 456 g/mol. The van der Waals surface area contributed by atoms with E-state index in [2.05, 4.69) is 5.32 Å². The molecule has 0 saturated heterocycles. The fraction of sp³-hybridized carbons (Fsp3) is 0.235. The second-order valence-corrected chi connectivity index (χ2v) is 8.94. The monoisotopic (exact) mass is 468 g/mol. The quantitative estimate of drug-likeness (QED) is 0.732. The lowest BCUT2D eigenvalue weighted by Gasteiger charge is -2.34. The Kier molecular flexibility index (Phi) is 5.63. The maximum Gasteiger partial charge on any atom is 0.416 e. The molecule has 1 heterocycles. The van der Waals surface area contributed by atoms with Gasteiger partial charge in [0.05, 0.1) is 34.8 Å². The number of carbonyl (C=O) groups is 1. The summed E-state index contributed by atoms with van der Waals surface area (Å²) in [6.07, 6.45) is -5.01. The molecule has 3 rings (SSSR count). The molecule has 12 heteroatoms. The Morgan fingerprint density at radius 1 is 1.21 bits per heavy atom. The molecule has 1 unspecified atom stereocenters. The predicted octanol–water partition coefficient (Wildman–Crippen LogP) is 4.18. The van der Waals surface area contributed by atoms with Gasteiger partial charge in [0.25, 0.3) is 5.91 Å². The Morgan fingerprint density at radius 2 is 1.90 bits per heavy atom. The molecule has 0 fully saturated rings. The van der Waals surface area contributed by atoms with Crippen LogP contribution in [-0.4, -0.2) is 33.2 Å². The molecule has 1 atom stereocenters. The number of anilines is 2. The number of rotatable bonds is 3. The van der Waals surface area contributed by atoms with Crippen molar-refractivity contribution in [2.75, 3.05) is 22.4 Å². The molecule has 2 aromatic rings. The molecule has 0 radical (unpaired) electrons. The number of halogens is 5. The molecule has 0 aromatic heterocycles. The van der Waals surface area contributed by atoms with Gasteiger partial charge in [-0.05, 0) is 36.4 Å². The van der Waals surface area contributed by atoms with E-state index in [1.54, 1.807) is 0 Å². The second kappa shape index (κ2) is 7.58. The van der Waals surface area contributed by atoms with Crippen molar-refractivity contribution in [2.24, 2.45) is 0 Å². The number of carbonyl (C=O) groups excluding carboxylic acids is 1. The van der Waals surface area contributed by atoms with Crippen molar-refractivity contribution >= 4 is 50.5 Å². The zero-order chi connectivity index (χ0) is 21.6. The lowest BCUT2D eigenvalue weighted by Crippen LogP contribution is -2.48. The van der Waals surface area contributed by atoms with Crippen molar-refractivity contribution in [3.05, 3.63) is 52.0 Å². The van der Waals surface area contributed by atoms with E-state index in [-0.39, 0.29) is 27.2 Å². The number of ether oxygens (including phenoxy) is 1. The molecule has 156 valence electrons. The predicted molar refractivity (Wildman–Crippen MR) is 103 cm³/mol. The first-order valence-electron chi connectivity index (χ1n) is 7.98. The number of nitrogens with one attached hydrogen (secondary N) is 1. The summed E-state index contributed by atoms with van der Waals surface area (Å²) in [4.78, 5) is 12.6. The number of benzene rings is 2. The maximum atomic E-state index is 12.9. The largest absolute Gasteiger partial charge is 0.476 e. The number of nitrogens with zero attached hydrogens (tertiary/aromatic N) is 1. The van der Waals surface area contributed by atoms with Crippen LogP contribution in [0.3, 0.4) is 0 Å². The highest BCUT2D eigenvalue weighted by atomic mass is 35.5. The lowest BCUT2D eigenvalue weighted by molar-refractivity contribution is -0.137. The van der Waals surface area contributed by atoms with Gasteiger partial charge in [0, 0.05) is 5.02 Å². The van der Waals surface area contributed by atoms with Crippen LogP contribution in [0.5, 0.6) is 5.75 Å². The van der Waals surface area contributed by atoms with E-state index in [4.69, 9.17) is 27.9 Å². The number of hydrogen-bond donors (Lipinski definition) is 1. The van der Waals surface area contributed by atoms with E-state index < -0.39 is 40.3 Å². The summed E-state index contributed by atoms with van der Waals surface area (Å²) in [5, 5.41) is 2.41. The minimum atomic E-state index is -4.63. The summed E-state index contributed by atoms with van der Waals surface area (Å²) in [6.45, 7) is -0.394. The average molecular weight is 469 g/mol. The van der Waals surface area contributed by atoms with Gasteiger partial charge in [0.15, 0.2) is 6.10 Å². The van der Waals surface area contributed by atoms with Crippen molar-refractivity contribution in [2.45, 2.75) is 12.3 Å². The molecule has 2 aromatic carbocycles. The van der Waals surface area contributed by atoms with Gasteiger partial charge in [-0.1, -0.05) is 23.2 Å². The van der Waals surface area contributed by atoms with Crippen LogP contribution < -0.4 is 14.4 Å². The Morgan fingerprint density at radius 3 is 2.52 bits per heavy atom. The van der Waals surface area contributed by atoms with Gasteiger partial charge in [-0.3, -0.25) is 9.10 Å². The van der Waals surface area contributed by atoms with Gasteiger partial charge < -0.3 is 10.1 Å². The summed E-state index contributed by atoms with van der Waals surface area (Å²) in [5.74, 6) is -0.776. The Hall–Kier alpha value is -2.17. The summed E-state index contributed by atoms with van der Waals surface area (Å²) in [6, 6.07) is 6.68. The Labute approximate surface area is 174 Å². The van der Waals surface area contributed by atoms with Crippen LogP contribution in [0.2, 0.25) is 10.0 Å². The van der Waals surface area contributed by atoms with E-state index in [0.29, 0.717) is 6.07 Å². The normalized spacial score (nSPS) is 16.8. The fourth-order valence-corrected chi connectivity index (χ4v) is 3.92. The number of amides is 1. The number of alkyl halides is 3. The summed E-state index contributed by atoms with van der Waals surface area (Å²) >= 11 is 11.8. The molecule has 0 saturated carbocycles. The molecule has 6 nitrogen and oxygen atoms in total. The van der Waals surface area contributed by atoms with Gasteiger partial charge in [0.2, 0.25) is 10.0 Å². The van der Waals surface area contributed by atoms with Crippen LogP contribution in [0.1, 0.15) is 5.56 Å². The van der Waals surface area contributed by atoms with Crippen LogP contribution in [0.4, 0.5) is 24.5 Å². The highest BCUT2D eigenvalue weighted by Crippen LogP contribution is 2.38. The second-order valence-electron chi connectivity index (χ2n) is 6.19. The van der Waals surface area contributed by atoms with E-state index in [9.17, 15) is 26.4 Å². The van der Waals surface area contributed by atoms with Crippen LogP contribution in [0, 0.1) is 0 Å². The minimum absolute atomic E-state index is 0.0846. The van der Waals surface area contributed by atoms with Gasteiger partial charge in [-0.15, -0.1) is 0 Å². The zero-order valence-electron chi connectivity index (χ0n) is 14.6. The van der Waals surface area contributed by atoms with Crippen LogP contribution in [-0.2, 0) is 21.0 Å². The first-order chi connectivity index (χ1) is 13.4. The van der Waals surface area contributed by atoms with Crippen molar-refractivity contribution < 1.29 is 31.1 Å². The topological polar surface area (TPSA) is 75.7 Å². The lowest BCUT2D eigenvalue weighted by atomic mass is 10.1. The van der Waals surface area contributed by atoms with Crippen molar-refractivity contribution in [3.8, 4) is 5.75 Å². The Bertz CT molecular complexity index is 1080. The van der Waals surface area contributed by atoms with E-state index in [1.807, 2.05) is 0 Å². The van der Waals surface area contributed by atoms with Crippen LogP contribution >= 0.6 is 23.2 Å². The third kappa shape index (κ3) is 4.71. The van der Waals surface area contributed by atoms with Crippen molar-refractivity contribution in [1.29, 1.82) is 0 Å². The molecule has 1 aliphatic heterocycles. The number of sulfonamides is 1. The SMILES string of the molecule is CS(=O)(=O)N1CC(C(=O)Nc2cc(C(F)(F)F)ccc2Cl)Oc2ccc(Cl)cc21. The third-order valence-corrected chi connectivity index (χ3v) is 5.75. The highest BCUT2D eigenvalue weighted by molar-refractivity contribution is 7.92. The fourth-order valence-electron chi connectivity index (χ4n) is 2.69. The van der Waals surface area contributed by atoms with E-state index >= 15 is 0 Å². The zero-order valence-corrected chi connectivity index (χ0v) is 17.0. The molecule has 1 N–H and O–H groups in total. The standard InChI is InChI=1S/C17H13Cl2F3N2O4S/c1-29(26,27)24-8-15(28-14-5-3-10(18)7-13(14)24)16(25)23-12-6-9(17(20,21)22)2-4-11(12)19/h2-7,15H,8H2,1H3,(H,23,25). The first kappa shape index (κ1) is 21.5. The summed E-state index contributed by atoms with van der Waals surface area (Å²) < 4.78 is 69.5. The number of fused-ring (bicyclic) bond motifs is 1. The molecule has 1 amide bonds. The molecule has 0 bridgehead atoms. The molecule has 1 aliphatic rings. The van der Waals surface area contributed by atoms with Crippen LogP contribution in [0.25, 0.3) is 0 Å². The van der Waals surface area contributed by atoms with Gasteiger partial charge in [0.1, 0.15) is 5.75 Å².